The van der Waals surface area contributed by atoms with E-state index in [4.69, 9.17) is 5.11 Å². The summed E-state index contributed by atoms with van der Waals surface area (Å²) >= 11 is 0. The third-order valence-electron chi connectivity index (χ3n) is 4.60. The summed E-state index contributed by atoms with van der Waals surface area (Å²) in [5, 5.41) is 22.9. The van der Waals surface area contributed by atoms with Gasteiger partial charge < -0.3 is 15.5 Å². The first-order chi connectivity index (χ1) is 9.65. The summed E-state index contributed by atoms with van der Waals surface area (Å²) < 4.78 is 0. The fourth-order valence-corrected chi connectivity index (χ4v) is 3.00. The van der Waals surface area contributed by atoms with Gasteiger partial charge in [0.2, 0.25) is 0 Å². The van der Waals surface area contributed by atoms with Gasteiger partial charge in [0.05, 0.1) is 12.2 Å². The van der Waals surface area contributed by atoms with Crippen LogP contribution in [0.2, 0.25) is 0 Å². The molecule has 1 aliphatic carbocycles. The molecule has 0 aliphatic heterocycles. The second-order valence-corrected chi connectivity index (χ2v) is 6.15. The number of benzene rings is 1. The lowest BCUT2D eigenvalue weighted by atomic mass is 9.78. The molecule has 0 bridgehead atoms. The van der Waals surface area contributed by atoms with Crippen molar-refractivity contribution in [1.29, 1.82) is 0 Å². The van der Waals surface area contributed by atoms with Gasteiger partial charge in [-0.15, -0.1) is 0 Å². The minimum Gasteiger partial charge on any atom is -0.392 e. The van der Waals surface area contributed by atoms with E-state index in [1.807, 2.05) is 24.3 Å². The van der Waals surface area contributed by atoms with E-state index in [1.165, 1.54) is 12.0 Å². The molecule has 112 valence electrons. The second-order valence-electron chi connectivity index (χ2n) is 6.15. The Morgan fingerprint density at radius 1 is 1.15 bits per heavy atom. The summed E-state index contributed by atoms with van der Waals surface area (Å²) in [6.45, 7) is 3.77. The van der Waals surface area contributed by atoms with Gasteiger partial charge in [-0.25, -0.2) is 0 Å². The molecule has 0 spiro atoms. The van der Waals surface area contributed by atoms with E-state index in [9.17, 15) is 5.11 Å². The first-order valence-electron chi connectivity index (χ1n) is 7.77. The van der Waals surface area contributed by atoms with Crippen LogP contribution in [0.25, 0.3) is 0 Å². The highest BCUT2D eigenvalue weighted by Crippen LogP contribution is 2.33. The van der Waals surface area contributed by atoms with Crippen molar-refractivity contribution < 1.29 is 10.2 Å². The Hall–Kier alpha value is -0.900. The number of nitrogens with one attached hydrogen (secondary N) is 1. The Bertz CT molecular complexity index is 394. The zero-order chi connectivity index (χ0) is 14.4. The van der Waals surface area contributed by atoms with Crippen molar-refractivity contribution in [3.8, 4) is 0 Å². The van der Waals surface area contributed by atoms with Gasteiger partial charge in [-0.3, -0.25) is 0 Å². The molecule has 0 heterocycles. The van der Waals surface area contributed by atoms with E-state index in [0.717, 1.165) is 43.7 Å². The molecule has 0 aromatic heterocycles. The molecule has 0 amide bonds. The molecular weight excluding hydrogens is 250 g/mol. The van der Waals surface area contributed by atoms with Crippen LogP contribution in [0, 0.1) is 5.92 Å². The average Bonchev–Trinajstić information content (AvgIpc) is 2.49. The Kier molecular flexibility index (Phi) is 5.58. The van der Waals surface area contributed by atoms with Crippen molar-refractivity contribution in [3.05, 3.63) is 35.4 Å². The van der Waals surface area contributed by atoms with Gasteiger partial charge in [-0.05, 0) is 42.7 Å². The Labute approximate surface area is 122 Å². The third-order valence-corrected chi connectivity index (χ3v) is 4.60. The maximum atomic E-state index is 10.5. The highest BCUT2D eigenvalue weighted by Gasteiger charge is 2.31. The highest BCUT2D eigenvalue weighted by molar-refractivity contribution is 5.21. The summed E-state index contributed by atoms with van der Waals surface area (Å²) in [5.74, 6) is 0.807. The molecular formula is C17H27NO2. The van der Waals surface area contributed by atoms with Crippen molar-refractivity contribution in [2.24, 2.45) is 5.92 Å². The van der Waals surface area contributed by atoms with E-state index < -0.39 is 5.60 Å². The summed E-state index contributed by atoms with van der Waals surface area (Å²) in [7, 11) is 0. The molecule has 0 atom stereocenters. The van der Waals surface area contributed by atoms with Crippen LogP contribution in [0.15, 0.2) is 24.3 Å². The van der Waals surface area contributed by atoms with Crippen LogP contribution in [-0.2, 0) is 13.2 Å². The summed E-state index contributed by atoms with van der Waals surface area (Å²) in [6.07, 6.45) is 5.38. The smallest absolute Gasteiger partial charge is 0.0771 e. The molecule has 20 heavy (non-hydrogen) atoms. The second kappa shape index (κ2) is 7.21. The number of rotatable bonds is 6. The number of aliphatic hydroxyl groups excluding tert-OH is 1. The van der Waals surface area contributed by atoms with E-state index in [0.29, 0.717) is 6.54 Å². The van der Waals surface area contributed by atoms with Crippen LogP contribution in [0.4, 0.5) is 0 Å². The van der Waals surface area contributed by atoms with Crippen LogP contribution in [0.1, 0.15) is 50.2 Å². The summed E-state index contributed by atoms with van der Waals surface area (Å²) in [6, 6.07) is 7.93. The monoisotopic (exact) mass is 277 g/mol. The molecule has 0 radical (unpaired) electrons. The molecule has 2 rings (SSSR count). The quantitative estimate of drug-likeness (QED) is 0.749. The van der Waals surface area contributed by atoms with Crippen LogP contribution in [0.5, 0.6) is 0 Å². The lowest BCUT2D eigenvalue weighted by Crippen LogP contribution is -2.43. The maximum Gasteiger partial charge on any atom is 0.0771 e. The van der Waals surface area contributed by atoms with E-state index in [1.54, 1.807) is 0 Å². The predicted molar refractivity (Wildman–Crippen MR) is 81.3 cm³/mol. The molecule has 0 saturated heterocycles. The highest BCUT2D eigenvalue weighted by atomic mass is 16.3. The van der Waals surface area contributed by atoms with Gasteiger partial charge in [0.1, 0.15) is 0 Å². The fraction of sp³-hybridized carbons (Fsp3) is 0.647. The topological polar surface area (TPSA) is 52.5 Å². The molecule has 1 aromatic carbocycles. The SMILES string of the molecule is CCC1CCC(O)(CNCc2ccc(CO)cc2)CC1. The zero-order valence-corrected chi connectivity index (χ0v) is 12.4. The first kappa shape index (κ1) is 15.5. The van der Waals surface area contributed by atoms with Crippen molar-refractivity contribution in [3.63, 3.8) is 0 Å². The van der Waals surface area contributed by atoms with Crippen LogP contribution < -0.4 is 5.32 Å². The largest absolute Gasteiger partial charge is 0.392 e. The van der Waals surface area contributed by atoms with Crippen molar-refractivity contribution in [2.45, 2.75) is 57.8 Å². The molecule has 1 aliphatic rings. The van der Waals surface area contributed by atoms with Crippen LogP contribution >= 0.6 is 0 Å². The molecule has 1 saturated carbocycles. The third kappa shape index (κ3) is 4.30. The molecule has 3 heteroatoms. The lowest BCUT2D eigenvalue weighted by molar-refractivity contribution is -0.00881. The summed E-state index contributed by atoms with van der Waals surface area (Å²) in [4.78, 5) is 0. The van der Waals surface area contributed by atoms with Gasteiger partial charge in [0.15, 0.2) is 0 Å². The van der Waals surface area contributed by atoms with Gasteiger partial charge in [0, 0.05) is 13.1 Å². The van der Waals surface area contributed by atoms with Crippen LogP contribution in [-0.4, -0.2) is 22.4 Å². The molecule has 3 nitrogen and oxygen atoms in total. The first-order valence-corrected chi connectivity index (χ1v) is 7.77. The van der Waals surface area contributed by atoms with Crippen molar-refractivity contribution in [2.75, 3.05) is 6.54 Å². The van der Waals surface area contributed by atoms with E-state index >= 15 is 0 Å². The Balaban J connectivity index is 1.74. The Morgan fingerprint density at radius 2 is 1.75 bits per heavy atom. The fourth-order valence-electron chi connectivity index (χ4n) is 3.00. The van der Waals surface area contributed by atoms with Crippen LogP contribution in [0.3, 0.4) is 0 Å². The van der Waals surface area contributed by atoms with E-state index in [-0.39, 0.29) is 6.61 Å². The minimum atomic E-state index is -0.517. The number of hydrogen-bond donors (Lipinski definition) is 3. The van der Waals surface area contributed by atoms with Gasteiger partial charge in [-0.1, -0.05) is 37.6 Å². The molecule has 0 unspecified atom stereocenters. The van der Waals surface area contributed by atoms with Crippen molar-refractivity contribution >= 4 is 0 Å². The predicted octanol–water partition coefficient (Wildman–Crippen LogP) is 2.60. The summed E-state index contributed by atoms with van der Waals surface area (Å²) in [5.41, 5.74) is 1.61. The molecule has 3 N–H and O–H groups in total. The minimum absolute atomic E-state index is 0.0893. The van der Waals surface area contributed by atoms with E-state index in [2.05, 4.69) is 12.2 Å². The van der Waals surface area contributed by atoms with Gasteiger partial charge in [-0.2, -0.15) is 0 Å². The Morgan fingerprint density at radius 3 is 2.30 bits per heavy atom. The normalized spacial score (nSPS) is 26.6. The van der Waals surface area contributed by atoms with Gasteiger partial charge >= 0.3 is 0 Å². The maximum absolute atomic E-state index is 10.5. The van der Waals surface area contributed by atoms with Crippen molar-refractivity contribution in [1.82, 2.24) is 5.32 Å². The number of aliphatic hydroxyl groups is 2. The average molecular weight is 277 g/mol. The lowest BCUT2D eigenvalue weighted by Gasteiger charge is -2.36. The van der Waals surface area contributed by atoms with Gasteiger partial charge in [0.25, 0.3) is 0 Å². The standard InChI is InChI=1S/C17H27NO2/c1-2-14-7-9-17(20,10-8-14)13-18-11-15-3-5-16(12-19)6-4-15/h3-6,14,18-20H,2,7-13H2,1H3. The number of hydrogen-bond acceptors (Lipinski definition) is 3. The molecule has 1 fully saturated rings. The molecule has 1 aromatic rings. The zero-order valence-electron chi connectivity index (χ0n) is 12.4.